The molecule has 0 saturated heterocycles. The molecule has 1 aliphatic heterocycles. The highest BCUT2D eigenvalue weighted by Crippen LogP contribution is 2.38. The Kier molecular flexibility index (Phi) is 6.32. The van der Waals surface area contributed by atoms with Crippen molar-refractivity contribution >= 4 is 17.7 Å². The summed E-state index contributed by atoms with van der Waals surface area (Å²) in [5, 5.41) is 2.73. The molecule has 10 heteroatoms. The number of rotatable bonds is 2. The molecule has 1 aliphatic rings. The van der Waals surface area contributed by atoms with Crippen LogP contribution >= 0.6 is 0 Å². The monoisotopic (exact) mass is 465 g/mol. The number of fused-ring (bicyclic) bond motifs is 1. The molecule has 0 spiro atoms. The first-order valence-electron chi connectivity index (χ1n) is 10.4. The number of alkyl halides is 3. The van der Waals surface area contributed by atoms with E-state index in [4.69, 9.17) is 4.74 Å². The molecule has 33 heavy (non-hydrogen) atoms. The maximum Gasteiger partial charge on any atom is 0.431 e. The molecule has 1 aromatic heterocycles. The number of hydrogen-bond acceptors (Lipinski definition) is 4. The minimum atomic E-state index is -4.73. The van der Waals surface area contributed by atoms with Crippen molar-refractivity contribution in [3.63, 3.8) is 0 Å². The van der Waals surface area contributed by atoms with Crippen LogP contribution in [0.2, 0.25) is 0 Å². The summed E-state index contributed by atoms with van der Waals surface area (Å²) in [6.07, 6.45) is -4.93. The number of benzene rings is 1. The highest BCUT2D eigenvalue weighted by Gasteiger charge is 2.37. The van der Waals surface area contributed by atoms with Gasteiger partial charge in [0.2, 0.25) is 0 Å². The standard InChI is InChI=1S/C23H26F3N3O4/c1-12-6-7-14-16(11-13(2)29(17(14)10-12)21(32)33-22(3,4)5)27-19(30)15-8-9-18(23(24,25)26)28-20(15)31/h6-10,13,16H,11H2,1-5H3,(H,27,30)(H,28,31). The van der Waals surface area contributed by atoms with Gasteiger partial charge in [0.05, 0.1) is 11.7 Å². The van der Waals surface area contributed by atoms with Gasteiger partial charge in [-0.25, -0.2) is 4.79 Å². The summed E-state index contributed by atoms with van der Waals surface area (Å²) in [7, 11) is 0. The minimum Gasteiger partial charge on any atom is -0.443 e. The molecule has 2 heterocycles. The van der Waals surface area contributed by atoms with Gasteiger partial charge >= 0.3 is 12.3 Å². The molecule has 2 amide bonds. The predicted molar refractivity (Wildman–Crippen MR) is 116 cm³/mol. The zero-order valence-corrected chi connectivity index (χ0v) is 19.0. The molecule has 3 rings (SSSR count). The van der Waals surface area contributed by atoms with Gasteiger partial charge in [0.1, 0.15) is 16.9 Å². The first-order valence-corrected chi connectivity index (χ1v) is 10.4. The number of amides is 2. The first-order chi connectivity index (χ1) is 15.2. The quantitative estimate of drug-likeness (QED) is 0.672. The fourth-order valence-electron chi connectivity index (χ4n) is 3.75. The molecule has 0 radical (unpaired) electrons. The maximum absolute atomic E-state index is 12.9. The van der Waals surface area contributed by atoms with Crippen LogP contribution in [0.25, 0.3) is 0 Å². The number of nitrogens with zero attached hydrogens (tertiary/aromatic N) is 1. The molecule has 0 saturated carbocycles. The molecule has 2 unspecified atom stereocenters. The van der Waals surface area contributed by atoms with Gasteiger partial charge in [0, 0.05) is 6.04 Å². The summed E-state index contributed by atoms with van der Waals surface area (Å²) in [5.74, 6) is -0.806. The van der Waals surface area contributed by atoms with Crippen molar-refractivity contribution in [1.29, 1.82) is 0 Å². The van der Waals surface area contributed by atoms with Gasteiger partial charge in [-0.05, 0) is 70.4 Å². The lowest BCUT2D eigenvalue weighted by atomic mass is 9.90. The second kappa shape index (κ2) is 8.57. The molecule has 0 aliphatic carbocycles. The molecule has 178 valence electrons. The Morgan fingerprint density at radius 3 is 2.39 bits per heavy atom. The molecule has 2 N–H and O–H groups in total. The van der Waals surface area contributed by atoms with Crippen molar-refractivity contribution in [3.8, 4) is 0 Å². The Morgan fingerprint density at radius 1 is 1.15 bits per heavy atom. The largest absolute Gasteiger partial charge is 0.443 e. The maximum atomic E-state index is 12.9. The van der Waals surface area contributed by atoms with Crippen LogP contribution in [0.15, 0.2) is 35.1 Å². The van der Waals surface area contributed by atoms with Gasteiger partial charge in [-0.15, -0.1) is 0 Å². The van der Waals surface area contributed by atoms with E-state index in [1.54, 1.807) is 44.8 Å². The normalized spacial score (nSPS) is 18.5. The Morgan fingerprint density at radius 2 is 1.82 bits per heavy atom. The van der Waals surface area contributed by atoms with E-state index in [-0.39, 0.29) is 6.04 Å². The molecule has 2 aromatic rings. The highest BCUT2D eigenvalue weighted by molar-refractivity contribution is 5.95. The van der Waals surface area contributed by atoms with Crippen molar-refractivity contribution in [1.82, 2.24) is 10.3 Å². The summed E-state index contributed by atoms with van der Waals surface area (Å²) < 4.78 is 44.0. The number of aromatic nitrogens is 1. The zero-order chi connectivity index (χ0) is 24.7. The van der Waals surface area contributed by atoms with Crippen LogP contribution in [0.4, 0.5) is 23.7 Å². The number of aromatic amines is 1. The number of hydrogen-bond donors (Lipinski definition) is 2. The van der Waals surface area contributed by atoms with Crippen molar-refractivity contribution in [2.24, 2.45) is 0 Å². The topological polar surface area (TPSA) is 91.5 Å². The Bertz CT molecular complexity index is 1130. The van der Waals surface area contributed by atoms with Crippen molar-refractivity contribution in [2.45, 2.75) is 64.9 Å². The van der Waals surface area contributed by atoms with Gasteiger partial charge in [0.15, 0.2) is 0 Å². The van der Waals surface area contributed by atoms with Crippen LogP contribution in [0.5, 0.6) is 0 Å². The fraction of sp³-hybridized carbons (Fsp3) is 0.435. The van der Waals surface area contributed by atoms with Gasteiger partial charge in [0.25, 0.3) is 11.5 Å². The van der Waals surface area contributed by atoms with E-state index in [9.17, 15) is 27.6 Å². The number of ether oxygens (including phenoxy) is 1. The van der Waals surface area contributed by atoms with Crippen LogP contribution in [0, 0.1) is 6.92 Å². The van der Waals surface area contributed by atoms with E-state index >= 15 is 0 Å². The molecule has 0 fully saturated rings. The van der Waals surface area contributed by atoms with Gasteiger partial charge in [-0.2, -0.15) is 13.2 Å². The molecular formula is C23H26F3N3O4. The van der Waals surface area contributed by atoms with Crippen LogP contribution < -0.4 is 15.8 Å². The predicted octanol–water partition coefficient (Wildman–Crippen LogP) is 4.71. The average Bonchev–Trinajstić information content (AvgIpc) is 2.65. The minimum absolute atomic E-state index is 0.319. The fourth-order valence-corrected chi connectivity index (χ4v) is 3.75. The smallest absolute Gasteiger partial charge is 0.431 e. The number of anilines is 1. The summed E-state index contributed by atoms with van der Waals surface area (Å²) >= 11 is 0. The Balaban J connectivity index is 1.92. The van der Waals surface area contributed by atoms with E-state index in [2.05, 4.69) is 5.32 Å². The lowest BCUT2D eigenvalue weighted by Gasteiger charge is -2.40. The number of carbonyl (C=O) groups excluding carboxylic acids is 2. The van der Waals surface area contributed by atoms with Crippen LogP contribution in [-0.4, -0.2) is 28.6 Å². The van der Waals surface area contributed by atoms with E-state index < -0.39 is 46.6 Å². The van der Waals surface area contributed by atoms with Crippen molar-refractivity contribution in [3.05, 3.63) is 63.1 Å². The molecule has 7 nitrogen and oxygen atoms in total. The summed E-state index contributed by atoms with van der Waals surface area (Å²) in [5.41, 5.74) is -1.40. The summed E-state index contributed by atoms with van der Waals surface area (Å²) in [4.78, 5) is 41.0. The van der Waals surface area contributed by atoms with Crippen LogP contribution in [0.3, 0.4) is 0 Å². The SMILES string of the molecule is Cc1ccc2c(c1)N(C(=O)OC(C)(C)C)C(C)CC2NC(=O)c1ccc(C(F)(F)F)[nH]c1=O. The number of halogens is 3. The van der Waals surface area contributed by atoms with E-state index in [0.29, 0.717) is 23.7 Å². The summed E-state index contributed by atoms with van der Waals surface area (Å²) in [6.45, 7) is 8.96. The third-order valence-electron chi connectivity index (χ3n) is 5.19. The number of pyridine rings is 1. The van der Waals surface area contributed by atoms with E-state index in [1.165, 1.54) is 4.90 Å². The van der Waals surface area contributed by atoms with Gasteiger partial charge < -0.3 is 15.0 Å². The number of nitrogens with one attached hydrogen (secondary N) is 2. The zero-order valence-electron chi connectivity index (χ0n) is 19.0. The highest BCUT2D eigenvalue weighted by atomic mass is 19.4. The Hall–Kier alpha value is -3.30. The average molecular weight is 465 g/mol. The molecular weight excluding hydrogens is 439 g/mol. The second-order valence-electron chi connectivity index (χ2n) is 9.14. The third kappa shape index (κ3) is 5.37. The number of H-pyrrole nitrogens is 1. The third-order valence-corrected chi connectivity index (χ3v) is 5.19. The number of carbonyl (C=O) groups is 2. The molecule has 1 aromatic carbocycles. The first kappa shape index (κ1) is 24.3. The second-order valence-corrected chi connectivity index (χ2v) is 9.14. The summed E-state index contributed by atoms with van der Waals surface area (Å²) in [6, 6.07) is 5.99. The van der Waals surface area contributed by atoms with Gasteiger partial charge in [-0.3, -0.25) is 14.5 Å². The van der Waals surface area contributed by atoms with E-state index in [0.717, 1.165) is 11.6 Å². The molecule has 2 atom stereocenters. The van der Waals surface area contributed by atoms with E-state index in [1.807, 2.05) is 13.0 Å². The lowest BCUT2D eigenvalue weighted by Crippen LogP contribution is -2.48. The lowest BCUT2D eigenvalue weighted by molar-refractivity contribution is -0.141. The number of aryl methyl sites for hydroxylation is 1. The van der Waals surface area contributed by atoms with Crippen LogP contribution in [0.1, 0.15) is 67.3 Å². The van der Waals surface area contributed by atoms with Crippen molar-refractivity contribution in [2.75, 3.05) is 4.90 Å². The van der Waals surface area contributed by atoms with Crippen molar-refractivity contribution < 1.29 is 27.5 Å². The Labute approximate surface area is 188 Å². The van der Waals surface area contributed by atoms with Crippen LogP contribution in [-0.2, 0) is 10.9 Å². The van der Waals surface area contributed by atoms with Gasteiger partial charge in [-0.1, -0.05) is 12.1 Å². The molecule has 0 bridgehead atoms.